The Morgan fingerprint density at radius 1 is 0.204 bits per heavy atom. The van der Waals surface area contributed by atoms with E-state index in [0.29, 0.717) is 100 Å². The lowest BCUT2D eigenvalue weighted by molar-refractivity contribution is -0.138. The van der Waals surface area contributed by atoms with Crippen LogP contribution in [-0.4, -0.2) is 112 Å². The molecule has 0 heterocycles. The molecule has 12 N–H and O–H groups in total. The number of carboxylic acid groups (broad SMARTS) is 4. The predicted octanol–water partition coefficient (Wildman–Crippen LogP) is 16.3. The number of hydrogen-bond acceptors (Lipinski definition) is 12. The van der Waals surface area contributed by atoms with Gasteiger partial charge in [0.25, 0.3) is 0 Å². The molecule has 0 spiro atoms. The van der Waals surface area contributed by atoms with Gasteiger partial charge in [-0.3, -0.25) is 19.2 Å². The summed E-state index contributed by atoms with van der Waals surface area (Å²) in [5.41, 5.74) is 18.3. The number of hydrogen-bond donors (Lipinski definition) is 12. The van der Waals surface area contributed by atoms with Crippen molar-refractivity contribution >= 4 is 23.9 Å². The number of phenols is 4. The normalized spacial score (nSPS) is 10.7. The van der Waals surface area contributed by atoms with Crippen molar-refractivity contribution in [2.75, 3.05) is 26.4 Å². The number of carbonyl (C=O) groups is 4. The number of aryl methyl sites for hydroxylation is 4. The molecule has 0 aliphatic carbocycles. The van der Waals surface area contributed by atoms with Gasteiger partial charge in [0.1, 0.15) is 23.0 Å². The van der Waals surface area contributed by atoms with Crippen LogP contribution in [0.5, 0.6) is 23.0 Å². The van der Waals surface area contributed by atoms with Gasteiger partial charge in [-0.1, -0.05) is 291 Å². The molecule has 12 rings (SSSR count). The van der Waals surface area contributed by atoms with E-state index in [-0.39, 0.29) is 25.7 Å². The third kappa shape index (κ3) is 29.4. The van der Waals surface area contributed by atoms with Crippen molar-refractivity contribution in [2.24, 2.45) is 5.41 Å². The number of rotatable bonds is 32. The highest BCUT2D eigenvalue weighted by Crippen LogP contribution is 2.35. The Bertz CT molecular complexity index is 4020. The van der Waals surface area contributed by atoms with Crippen LogP contribution in [-0.2, 0) is 96.2 Å². The minimum absolute atomic E-state index is 0.0837. The van der Waals surface area contributed by atoms with E-state index < -0.39 is 55.7 Å². The van der Waals surface area contributed by atoms with Crippen LogP contribution in [0.2, 0.25) is 0 Å². The molecule has 0 atom stereocenters. The van der Waals surface area contributed by atoms with E-state index in [1.165, 1.54) is 0 Å². The molecule has 0 bridgehead atoms. The fraction of sp³-hybridized carbons (Fsp3) is 0.216. The Hall–Kier alpha value is -12.4. The standard InChI is InChI=1S/4C23H22O3.C5H12O4/c4*24-22(25)12-11-19-15-20(13-17-7-3-1-4-8-17)23(26)21(16-19)14-18-9-5-2-6-10-18;6-1-5(2-7,3-8)4-9/h4*1-10,15-16,26H,11-14H2,(H,24,25);6-9H,1-4H2. The summed E-state index contributed by atoms with van der Waals surface area (Å²) >= 11 is 0. The highest BCUT2D eigenvalue weighted by atomic mass is 16.4. The van der Waals surface area contributed by atoms with Gasteiger partial charge in [0.15, 0.2) is 0 Å². The van der Waals surface area contributed by atoms with Gasteiger partial charge < -0.3 is 61.3 Å². The van der Waals surface area contributed by atoms with Gasteiger partial charge in [-0.2, -0.15) is 0 Å². The fourth-order valence-electron chi connectivity index (χ4n) is 12.8. The molecule has 0 fully saturated rings. The number of aliphatic carboxylic acids is 4. The summed E-state index contributed by atoms with van der Waals surface area (Å²) in [6.45, 7) is -1.62. The minimum atomic E-state index is -1.11. The number of aliphatic hydroxyl groups excluding tert-OH is 4. The summed E-state index contributed by atoms with van der Waals surface area (Å²) in [4.78, 5) is 43.8. The average Bonchev–Trinajstić information content (AvgIpc) is 0.835. The maximum atomic E-state index is 10.9. The molecule has 0 radical (unpaired) electrons. The molecule has 0 saturated heterocycles. The van der Waals surface area contributed by atoms with Crippen LogP contribution in [0.3, 0.4) is 0 Å². The number of aromatic hydroxyl groups is 4. The summed E-state index contributed by atoms with van der Waals surface area (Å²) in [7, 11) is 0. The molecular weight excluding hydrogens is 1420 g/mol. The molecule has 0 aliphatic heterocycles. The summed E-state index contributed by atoms with van der Waals surface area (Å²) < 4.78 is 0. The van der Waals surface area contributed by atoms with Gasteiger partial charge in [0, 0.05) is 77.0 Å². The Labute approximate surface area is 660 Å². The summed E-state index contributed by atoms with van der Waals surface area (Å²) in [5, 5.41) is 113. The first-order valence-corrected chi connectivity index (χ1v) is 37.7. The Balaban J connectivity index is 0.000000182. The van der Waals surface area contributed by atoms with E-state index in [9.17, 15) is 39.6 Å². The molecule has 584 valence electrons. The quantitative estimate of drug-likeness (QED) is 0.0186. The molecule has 0 amide bonds. The Kier molecular flexibility index (Phi) is 34.8. The molecule has 0 aromatic heterocycles. The lowest BCUT2D eigenvalue weighted by atomic mass is 9.93. The second-order valence-electron chi connectivity index (χ2n) is 28.1. The summed E-state index contributed by atoms with van der Waals surface area (Å²) in [5.74, 6) is -2.04. The first-order chi connectivity index (χ1) is 54.7. The first-order valence-electron chi connectivity index (χ1n) is 37.7. The van der Waals surface area contributed by atoms with Crippen molar-refractivity contribution in [3.8, 4) is 23.0 Å². The van der Waals surface area contributed by atoms with Crippen molar-refractivity contribution in [3.63, 3.8) is 0 Å². The van der Waals surface area contributed by atoms with Crippen LogP contribution in [0.15, 0.2) is 291 Å². The van der Waals surface area contributed by atoms with E-state index in [2.05, 4.69) is 0 Å². The minimum Gasteiger partial charge on any atom is -0.507 e. The van der Waals surface area contributed by atoms with Gasteiger partial charge in [-0.15, -0.1) is 0 Å². The molecule has 0 aliphatic rings. The number of carboxylic acids is 4. The van der Waals surface area contributed by atoms with Crippen LogP contribution in [0, 0.1) is 5.41 Å². The molecule has 113 heavy (non-hydrogen) atoms. The zero-order chi connectivity index (χ0) is 80.7. The molecule has 12 aromatic rings. The van der Waals surface area contributed by atoms with Crippen LogP contribution in [0.4, 0.5) is 0 Å². The third-order valence-corrected chi connectivity index (χ3v) is 19.1. The first kappa shape index (κ1) is 86.2. The smallest absolute Gasteiger partial charge is 0.303 e. The van der Waals surface area contributed by atoms with Gasteiger partial charge in [-0.25, -0.2) is 0 Å². The van der Waals surface area contributed by atoms with Gasteiger partial charge >= 0.3 is 23.9 Å². The van der Waals surface area contributed by atoms with Crippen LogP contribution in [0.25, 0.3) is 0 Å². The number of benzene rings is 12. The van der Waals surface area contributed by atoms with Crippen molar-refractivity contribution in [3.05, 3.63) is 402 Å². The Morgan fingerprint density at radius 2 is 0.327 bits per heavy atom. The summed E-state index contributed by atoms with van der Waals surface area (Å²) in [6, 6.07) is 95.3. The van der Waals surface area contributed by atoms with Gasteiger partial charge in [0.2, 0.25) is 0 Å². The molecule has 12 aromatic carbocycles. The predicted molar refractivity (Wildman–Crippen MR) is 441 cm³/mol. The van der Waals surface area contributed by atoms with E-state index in [0.717, 1.165) is 111 Å². The van der Waals surface area contributed by atoms with Crippen molar-refractivity contribution in [2.45, 2.75) is 103 Å². The monoisotopic (exact) mass is 1520 g/mol. The van der Waals surface area contributed by atoms with Crippen molar-refractivity contribution < 1.29 is 80.5 Å². The second kappa shape index (κ2) is 45.6. The fourth-order valence-corrected chi connectivity index (χ4v) is 12.8. The van der Waals surface area contributed by atoms with E-state index in [1.54, 1.807) is 0 Å². The molecule has 16 nitrogen and oxygen atoms in total. The highest BCUT2D eigenvalue weighted by Gasteiger charge is 2.27. The van der Waals surface area contributed by atoms with E-state index in [4.69, 9.17) is 40.9 Å². The van der Waals surface area contributed by atoms with Crippen LogP contribution >= 0.6 is 0 Å². The summed E-state index contributed by atoms with van der Waals surface area (Å²) in [6.07, 6.45) is 7.13. The highest BCUT2D eigenvalue weighted by molar-refractivity contribution is 5.69. The number of aliphatic hydroxyl groups is 4. The second-order valence-corrected chi connectivity index (χ2v) is 28.1. The van der Waals surface area contributed by atoms with Crippen LogP contribution < -0.4 is 0 Å². The van der Waals surface area contributed by atoms with E-state index >= 15 is 0 Å². The molecule has 0 saturated carbocycles. The van der Waals surface area contributed by atoms with E-state index in [1.807, 2.05) is 291 Å². The van der Waals surface area contributed by atoms with Crippen molar-refractivity contribution in [1.82, 2.24) is 0 Å². The topological polar surface area (TPSA) is 311 Å². The SMILES string of the molecule is O=C(O)CCc1cc(Cc2ccccc2)c(O)c(Cc2ccccc2)c1.O=C(O)CCc1cc(Cc2ccccc2)c(O)c(Cc2ccccc2)c1.O=C(O)CCc1cc(Cc2ccccc2)c(O)c(Cc2ccccc2)c1.O=C(O)CCc1cc(Cc2ccccc2)c(O)c(Cc2ccccc2)c1.OCC(CO)(CO)CO. The van der Waals surface area contributed by atoms with Crippen LogP contribution in [0.1, 0.15) is 137 Å². The third-order valence-electron chi connectivity index (χ3n) is 19.1. The maximum Gasteiger partial charge on any atom is 0.303 e. The zero-order valence-electron chi connectivity index (χ0n) is 63.4. The average molecular weight is 1520 g/mol. The Morgan fingerprint density at radius 3 is 0.425 bits per heavy atom. The molecule has 0 unspecified atom stereocenters. The van der Waals surface area contributed by atoms with Crippen molar-refractivity contribution in [1.29, 1.82) is 0 Å². The molecular formula is C97H100O16. The number of phenolic OH excluding ortho intramolecular Hbond substituents is 4. The zero-order valence-corrected chi connectivity index (χ0v) is 63.4. The lowest BCUT2D eigenvalue weighted by Crippen LogP contribution is -2.37. The van der Waals surface area contributed by atoms with Gasteiger partial charge in [-0.05, 0) is 137 Å². The lowest BCUT2D eigenvalue weighted by Gasteiger charge is -2.23. The molecule has 16 heteroatoms. The largest absolute Gasteiger partial charge is 0.507 e. The van der Waals surface area contributed by atoms with Gasteiger partial charge in [0.05, 0.1) is 31.8 Å². The maximum absolute atomic E-state index is 10.9.